The summed E-state index contributed by atoms with van der Waals surface area (Å²) in [4.78, 5) is 23.2. The monoisotopic (exact) mass is 456 g/mol. The fourth-order valence-electron chi connectivity index (χ4n) is 4.15. The van der Waals surface area contributed by atoms with E-state index < -0.39 is 0 Å². The second-order valence-corrected chi connectivity index (χ2v) is 8.08. The van der Waals surface area contributed by atoms with Crippen LogP contribution in [0.2, 0.25) is 0 Å². The highest BCUT2D eigenvalue weighted by Crippen LogP contribution is 2.27. The lowest BCUT2D eigenvalue weighted by Gasteiger charge is -2.24. The van der Waals surface area contributed by atoms with Crippen molar-refractivity contribution in [2.45, 2.75) is 12.2 Å². The largest absolute Gasteiger partial charge is 0.371 e. The van der Waals surface area contributed by atoms with E-state index in [1.165, 1.54) is 0 Å². The lowest BCUT2D eigenvalue weighted by Crippen LogP contribution is -2.36. The standard InChI is InChI=1S/C25H24N6O3/c26-10-12-27-24(32)18-3-1-17(2-4-18)21-9-11-28-25(30-21)29-19-5-7-20(8-6-19)31-15-22-23(16-31)34-14-13-33-22/h1-9,11,22-23H,12-16H2,(H,27,32)(H,28,29,30). The molecular weight excluding hydrogens is 432 g/mol. The minimum Gasteiger partial charge on any atom is -0.371 e. The van der Waals surface area contributed by atoms with Gasteiger partial charge in [0.2, 0.25) is 5.95 Å². The molecule has 3 aromatic rings. The van der Waals surface area contributed by atoms with Crippen LogP contribution in [0.15, 0.2) is 60.8 Å². The van der Waals surface area contributed by atoms with Gasteiger partial charge in [-0.3, -0.25) is 4.79 Å². The fraction of sp³-hybridized carbons (Fsp3) is 0.280. The van der Waals surface area contributed by atoms with Gasteiger partial charge >= 0.3 is 0 Å². The van der Waals surface area contributed by atoms with Gasteiger partial charge in [0.25, 0.3) is 5.91 Å². The molecule has 0 spiro atoms. The first kappa shape index (κ1) is 21.8. The summed E-state index contributed by atoms with van der Waals surface area (Å²) < 4.78 is 11.6. The molecule has 2 saturated heterocycles. The highest BCUT2D eigenvalue weighted by Gasteiger charge is 2.36. The summed E-state index contributed by atoms with van der Waals surface area (Å²) in [5, 5.41) is 14.4. The zero-order chi connectivity index (χ0) is 23.3. The van der Waals surface area contributed by atoms with Crippen molar-refractivity contribution < 1.29 is 14.3 Å². The maximum absolute atomic E-state index is 12.0. The number of hydrogen-bond donors (Lipinski definition) is 2. The van der Waals surface area contributed by atoms with Gasteiger partial charge in [-0.05, 0) is 42.5 Å². The molecule has 5 rings (SSSR count). The molecule has 0 aliphatic carbocycles. The Hall–Kier alpha value is -4.00. The Morgan fingerprint density at radius 3 is 2.41 bits per heavy atom. The van der Waals surface area contributed by atoms with Crippen LogP contribution in [-0.2, 0) is 9.47 Å². The van der Waals surface area contributed by atoms with Crippen molar-refractivity contribution in [2.75, 3.05) is 43.1 Å². The number of benzene rings is 2. The molecule has 9 nitrogen and oxygen atoms in total. The quantitative estimate of drug-likeness (QED) is 0.545. The SMILES string of the molecule is N#CCNC(=O)c1ccc(-c2ccnc(Nc3ccc(N4CC5OCCOC5C4)cc3)n2)cc1. The summed E-state index contributed by atoms with van der Waals surface area (Å²) in [7, 11) is 0. The smallest absolute Gasteiger partial charge is 0.252 e. The normalized spacial score (nSPS) is 19.2. The average Bonchev–Trinajstić information content (AvgIpc) is 3.32. The summed E-state index contributed by atoms with van der Waals surface area (Å²) in [6.45, 7) is 2.98. The highest BCUT2D eigenvalue weighted by molar-refractivity contribution is 5.94. The Kier molecular flexibility index (Phi) is 6.33. The van der Waals surface area contributed by atoms with Gasteiger partial charge in [-0.1, -0.05) is 12.1 Å². The van der Waals surface area contributed by atoms with E-state index in [2.05, 4.69) is 37.6 Å². The Morgan fingerprint density at radius 1 is 1.03 bits per heavy atom. The molecule has 1 amide bonds. The van der Waals surface area contributed by atoms with E-state index in [0.29, 0.717) is 24.7 Å². The zero-order valence-electron chi connectivity index (χ0n) is 18.5. The van der Waals surface area contributed by atoms with E-state index in [1.807, 2.05) is 36.4 Å². The summed E-state index contributed by atoms with van der Waals surface area (Å²) >= 11 is 0. The number of nitrogens with one attached hydrogen (secondary N) is 2. The van der Waals surface area contributed by atoms with Crippen molar-refractivity contribution in [3.63, 3.8) is 0 Å². The molecule has 0 bridgehead atoms. The molecule has 2 atom stereocenters. The number of amides is 1. The topological polar surface area (TPSA) is 112 Å². The Morgan fingerprint density at radius 2 is 1.74 bits per heavy atom. The number of aromatic nitrogens is 2. The molecule has 2 aliphatic heterocycles. The van der Waals surface area contributed by atoms with E-state index in [4.69, 9.17) is 14.7 Å². The first-order valence-electron chi connectivity index (χ1n) is 11.1. The van der Waals surface area contributed by atoms with Crippen LogP contribution in [0.3, 0.4) is 0 Å². The van der Waals surface area contributed by atoms with Gasteiger partial charge < -0.3 is 25.0 Å². The molecule has 1 aromatic heterocycles. The first-order chi connectivity index (χ1) is 16.7. The van der Waals surface area contributed by atoms with Crippen molar-refractivity contribution in [3.8, 4) is 17.3 Å². The van der Waals surface area contributed by atoms with Gasteiger partial charge in [-0.25, -0.2) is 9.97 Å². The van der Waals surface area contributed by atoms with E-state index in [-0.39, 0.29) is 24.7 Å². The van der Waals surface area contributed by atoms with Crippen molar-refractivity contribution in [1.29, 1.82) is 5.26 Å². The average molecular weight is 457 g/mol. The number of carbonyl (C=O) groups is 1. The summed E-state index contributed by atoms with van der Waals surface area (Å²) in [6, 6.07) is 18.9. The first-order valence-corrected chi connectivity index (χ1v) is 11.1. The molecule has 2 unspecified atom stereocenters. The number of ether oxygens (including phenoxy) is 2. The van der Waals surface area contributed by atoms with Crippen molar-refractivity contribution in [3.05, 3.63) is 66.4 Å². The van der Waals surface area contributed by atoms with Crippen LogP contribution in [0, 0.1) is 11.3 Å². The predicted octanol–water partition coefficient (Wildman–Crippen LogP) is 2.74. The minimum absolute atomic E-state index is 0.0234. The molecular formula is C25H24N6O3. The molecule has 34 heavy (non-hydrogen) atoms. The number of carbonyl (C=O) groups excluding carboxylic acids is 1. The van der Waals surface area contributed by atoms with Gasteiger partial charge in [-0.2, -0.15) is 5.26 Å². The van der Waals surface area contributed by atoms with Crippen LogP contribution in [0.1, 0.15) is 10.4 Å². The molecule has 9 heteroatoms. The van der Waals surface area contributed by atoms with Gasteiger partial charge in [0, 0.05) is 41.8 Å². The van der Waals surface area contributed by atoms with Crippen LogP contribution in [-0.4, -0.2) is 60.9 Å². The third-order valence-electron chi connectivity index (χ3n) is 5.88. The Balaban J connectivity index is 1.24. The molecule has 172 valence electrons. The Labute approximate surface area is 197 Å². The van der Waals surface area contributed by atoms with E-state index in [0.717, 1.165) is 35.7 Å². The number of fused-ring (bicyclic) bond motifs is 1. The maximum Gasteiger partial charge on any atom is 0.252 e. The van der Waals surface area contributed by atoms with Gasteiger partial charge in [0.05, 0.1) is 25.0 Å². The van der Waals surface area contributed by atoms with Gasteiger partial charge in [-0.15, -0.1) is 0 Å². The predicted molar refractivity (Wildman–Crippen MR) is 127 cm³/mol. The molecule has 2 aliphatic rings. The lowest BCUT2D eigenvalue weighted by atomic mass is 10.1. The van der Waals surface area contributed by atoms with Crippen LogP contribution in [0.5, 0.6) is 0 Å². The van der Waals surface area contributed by atoms with E-state index >= 15 is 0 Å². The number of anilines is 3. The van der Waals surface area contributed by atoms with Crippen LogP contribution >= 0.6 is 0 Å². The third-order valence-corrected chi connectivity index (χ3v) is 5.88. The number of nitriles is 1. The van der Waals surface area contributed by atoms with Crippen molar-refractivity contribution in [1.82, 2.24) is 15.3 Å². The summed E-state index contributed by atoms with van der Waals surface area (Å²) in [5.74, 6) is 0.199. The number of hydrogen-bond acceptors (Lipinski definition) is 8. The maximum atomic E-state index is 12.0. The van der Waals surface area contributed by atoms with Crippen molar-refractivity contribution in [2.24, 2.45) is 0 Å². The molecule has 3 heterocycles. The van der Waals surface area contributed by atoms with Gasteiger partial charge in [0.1, 0.15) is 18.8 Å². The summed E-state index contributed by atoms with van der Waals surface area (Å²) in [6.07, 6.45) is 1.98. The van der Waals surface area contributed by atoms with E-state index in [1.54, 1.807) is 18.3 Å². The highest BCUT2D eigenvalue weighted by atomic mass is 16.6. The number of rotatable bonds is 6. The molecule has 2 N–H and O–H groups in total. The van der Waals surface area contributed by atoms with Crippen molar-refractivity contribution >= 4 is 23.2 Å². The van der Waals surface area contributed by atoms with Crippen LogP contribution < -0.4 is 15.5 Å². The molecule has 2 fully saturated rings. The molecule has 0 saturated carbocycles. The van der Waals surface area contributed by atoms with Crippen LogP contribution in [0.4, 0.5) is 17.3 Å². The lowest BCUT2D eigenvalue weighted by molar-refractivity contribution is -0.116. The Bertz CT molecular complexity index is 1180. The summed E-state index contributed by atoms with van der Waals surface area (Å²) in [5.41, 5.74) is 4.09. The van der Waals surface area contributed by atoms with Crippen LogP contribution in [0.25, 0.3) is 11.3 Å². The second kappa shape index (κ2) is 9.87. The zero-order valence-corrected chi connectivity index (χ0v) is 18.5. The minimum atomic E-state index is -0.283. The number of nitrogens with zero attached hydrogens (tertiary/aromatic N) is 4. The van der Waals surface area contributed by atoms with E-state index in [9.17, 15) is 4.79 Å². The third kappa shape index (κ3) is 4.83. The van der Waals surface area contributed by atoms with Gasteiger partial charge in [0.15, 0.2) is 0 Å². The molecule has 2 aromatic carbocycles. The molecule has 0 radical (unpaired) electrons. The fourth-order valence-corrected chi connectivity index (χ4v) is 4.15. The second-order valence-electron chi connectivity index (χ2n) is 8.08.